The first-order chi connectivity index (χ1) is 9.65. The Morgan fingerprint density at radius 1 is 1.30 bits per heavy atom. The number of rotatable bonds is 2. The van der Waals surface area contributed by atoms with Crippen LogP contribution < -0.4 is 10.9 Å². The highest BCUT2D eigenvalue weighted by Gasteiger charge is 2.15. The number of carbonyl (C=O) groups excluding carboxylic acids is 1. The molecule has 0 spiro atoms. The van der Waals surface area contributed by atoms with E-state index in [9.17, 15) is 9.59 Å². The second-order valence-electron chi connectivity index (χ2n) is 4.42. The largest absolute Gasteiger partial charge is 0.332 e. The first kappa shape index (κ1) is 12.2. The Hall–Kier alpha value is -2.89. The molecule has 1 amide bonds. The summed E-state index contributed by atoms with van der Waals surface area (Å²) in [5.74, 6) is -0.337. The van der Waals surface area contributed by atoms with E-state index in [1.54, 1.807) is 30.1 Å². The highest BCUT2D eigenvalue weighted by Crippen LogP contribution is 2.15. The maximum Gasteiger partial charge on any atom is 0.258 e. The van der Waals surface area contributed by atoms with E-state index in [0.29, 0.717) is 22.4 Å². The van der Waals surface area contributed by atoms with Crippen molar-refractivity contribution in [2.45, 2.75) is 0 Å². The summed E-state index contributed by atoms with van der Waals surface area (Å²) in [5.41, 5.74) is 1.62. The van der Waals surface area contributed by atoms with Crippen LogP contribution in [-0.2, 0) is 7.05 Å². The van der Waals surface area contributed by atoms with E-state index in [0.717, 1.165) is 0 Å². The van der Waals surface area contributed by atoms with Crippen molar-refractivity contribution in [3.8, 4) is 0 Å². The molecule has 100 valence electrons. The highest BCUT2D eigenvalue weighted by atomic mass is 16.2. The Bertz CT molecular complexity index is 833. The second-order valence-corrected chi connectivity index (χ2v) is 4.42. The minimum atomic E-state index is -0.352. The van der Waals surface area contributed by atoms with E-state index in [-0.39, 0.29) is 11.5 Å². The molecule has 2 heterocycles. The quantitative estimate of drug-likeness (QED) is 0.739. The molecule has 6 heteroatoms. The van der Waals surface area contributed by atoms with Crippen molar-refractivity contribution in [3.63, 3.8) is 0 Å². The summed E-state index contributed by atoms with van der Waals surface area (Å²) in [5, 5.41) is 2.76. The van der Waals surface area contributed by atoms with Crippen LogP contribution in [-0.4, -0.2) is 20.4 Å². The molecule has 2 aromatic heterocycles. The van der Waals surface area contributed by atoms with Crippen molar-refractivity contribution < 1.29 is 4.79 Å². The topological polar surface area (TPSA) is 79.8 Å². The number of nitrogens with one attached hydrogen (secondary N) is 2. The van der Waals surface area contributed by atoms with Gasteiger partial charge in [-0.05, 0) is 12.1 Å². The maximum absolute atomic E-state index is 12.3. The zero-order valence-electron chi connectivity index (χ0n) is 10.8. The Morgan fingerprint density at radius 3 is 2.80 bits per heavy atom. The van der Waals surface area contributed by atoms with Crippen molar-refractivity contribution in [3.05, 3.63) is 58.6 Å². The molecule has 0 bridgehead atoms. The molecule has 1 aromatic carbocycles. The van der Waals surface area contributed by atoms with Crippen LogP contribution in [0.5, 0.6) is 0 Å². The van der Waals surface area contributed by atoms with Gasteiger partial charge >= 0.3 is 0 Å². The van der Waals surface area contributed by atoms with Gasteiger partial charge in [-0.15, -0.1) is 0 Å². The molecular formula is C14H12N4O2. The van der Waals surface area contributed by atoms with Crippen LogP contribution in [0.2, 0.25) is 0 Å². The van der Waals surface area contributed by atoms with Gasteiger partial charge in [0, 0.05) is 18.8 Å². The molecule has 2 N–H and O–H groups in total. The average Bonchev–Trinajstić information content (AvgIpc) is 2.80. The SMILES string of the molecule is Cn1cnc2[nH]c(=O)cc(C(=O)Nc3ccccc3)c21. The average molecular weight is 268 g/mol. The standard InChI is InChI=1S/C14H12N4O2/c1-18-8-15-13-12(18)10(7-11(19)17-13)14(20)16-9-5-3-2-4-6-9/h2-8H,1H3,(H,16,20)(H,17,19). The monoisotopic (exact) mass is 268 g/mol. The van der Waals surface area contributed by atoms with Crippen LogP contribution in [0.3, 0.4) is 0 Å². The molecule has 0 fully saturated rings. The zero-order chi connectivity index (χ0) is 14.1. The lowest BCUT2D eigenvalue weighted by molar-refractivity contribution is 0.102. The molecule has 3 rings (SSSR count). The fourth-order valence-corrected chi connectivity index (χ4v) is 2.08. The number of fused-ring (bicyclic) bond motifs is 1. The summed E-state index contributed by atoms with van der Waals surface area (Å²) in [6.45, 7) is 0. The van der Waals surface area contributed by atoms with Crippen molar-refractivity contribution in [1.82, 2.24) is 14.5 Å². The molecule has 0 unspecified atom stereocenters. The van der Waals surface area contributed by atoms with Gasteiger partial charge in [0.1, 0.15) is 0 Å². The number of aromatic nitrogens is 3. The van der Waals surface area contributed by atoms with Crippen molar-refractivity contribution in [1.29, 1.82) is 0 Å². The molecule has 20 heavy (non-hydrogen) atoms. The Labute approximate surface area is 114 Å². The number of aryl methyl sites for hydroxylation is 1. The van der Waals surface area contributed by atoms with Gasteiger partial charge in [0.2, 0.25) is 5.56 Å². The lowest BCUT2D eigenvalue weighted by Crippen LogP contribution is -2.17. The molecule has 6 nitrogen and oxygen atoms in total. The molecule has 0 atom stereocenters. The molecule has 0 aliphatic rings. The fourth-order valence-electron chi connectivity index (χ4n) is 2.08. The van der Waals surface area contributed by atoms with Crippen LogP contribution in [0.15, 0.2) is 47.5 Å². The van der Waals surface area contributed by atoms with Gasteiger partial charge in [0.25, 0.3) is 5.91 Å². The Balaban J connectivity index is 2.07. The smallest absolute Gasteiger partial charge is 0.258 e. The van der Waals surface area contributed by atoms with Gasteiger partial charge in [-0.3, -0.25) is 9.59 Å². The Morgan fingerprint density at radius 2 is 2.05 bits per heavy atom. The number of imidazole rings is 1. The van der Waals surface area contributed by atoms with Gasteiger partial charge < -0.3 is 14.9 Å². The second kappa shape index (κ2) is 4.65. The number of nitrogens with zero attached hydrogens (tertiary/aromatic N) is 2. The summed E-state index contributed by atoms with van der Waals surface area (Å²) in [6.07, 6.45) is 1.56. The molecule has 0 saturated carbocycles. The third-order valence-electron chi connectivity index (χ3n) is 2.99. The zero-order valence-corrected chi connectivity index (χ0v) is 10.8. The third kappa shape index (κ3) is 2.07. The minimum Gasteiger partial charge on any atom is -0.332 e. The summed E-state index contributed by atoms with van der Waals surface area (Å²) in [6, 6.07) is 10.4. The summed E-state index contributed by atoms with van der Waals surface area (Å²) >= 11 is 0. The number of hydrogen-bond acceptors (Lipinski definition) is 3. The van der Waals surface area contributed by atoms with Crippen LogP contribution in [0, 0.1) is 0 Å². The van der Waals surface area contributed by atoms with Gasteiger partial charge in [-0.2, -0.15) is 0 Å². The van der Waals surface area contributed by atoms with Crippen LogP contribution in [0.4, 0.5) is 5.69 Å². The van der Waals surface area contributed by atoms with E-state index < -0.39 is 0 Å². The molecule has 0 saturated heterocycles. The predicted octanol–water partition coefficient (Wildman–Crippen LogP) is 1.51. The highest BCUT2D eigenvalue weighted by molar-refractivity contribution is 6.11. The number of amides is 1. The van der Waals surface area contributed by atoms with Crippen LogP contribution in [0.25, 0.3) is 11.2 Å². The minimum absolute atomic E-state index is 0.299. The lowest BCUT2D eigenvalue weighted by Gasteiger charge is -2.06. The molecule has 0 radical (unpaired) electrons. The van der Waals surface area contributed by atoms with Crippen LogP contribution in [0.1, 0.15) is 10.4 Å². The number of aromatic amines is 1. The molecule has 0 aliphatic carbocycles. The first-order valence-corrected chi connectivity index (χ1v) is 6.06. The first-order valence-electron chi connectivity index (χ1n) is 6.06. The number of anilines is 1. The van der Waals surface area contributed by atoms with Crippen LogP contribution >= 0.6 is 0 Å². The van der Waals surface area contributed by atoms with Gasteiger partial charge in [0.05, 0.1) is 17.4 Å². The molecular weight excluding hydrogens is 256 g/mol. The van der Waals surface area contributed by atoms with E-state index in [1.165, 1.54) is 6.07 Å². The fraction of sp³-hybridized carbons (Fsp3) is 0.0714. The normalized spacial score (nSPS) is 10.7. The number of pyridine rings is 1. The van der Waals surface area contributed by atoms with Crippen molar-refractivity contribution >= 4 is 22.8 Å². The number of benzene rings is 1. The van der Waals surface area contributed by atoms with E-state index >= 15 is 0 Å². The summed E-state index contributed by atoms with van der Waals surface area (Å²) < 4.78 is 1.70. The van der Waals surface area contributed by atoms with Crippen molar-refractivity contribution in [2.75, 3.05) is 5.32 Å². The van der Waals surface area contributed by atoms with E-state index in [4.69, 9.17) is 0 Å². The number of carbonyl (C=O) groups is 1. The van der Waals surface area contributed by atoms with Gasteiger partial charge in [-0.1, -0.05) is 18.2 Å². The predicted molar refractivity (Wildman–Crippen MR) is 75.7 cm³/mol. The van der Waals surface area contributed by atoms with Gasteiger partial charge in [0.15, 0.2) is 5.65 Å². The third-order valence-corrected chi connectivity index (χ3v) is 2.99. The summed E-state index contributed by atoms with van der Waals surface area (Å²) in [4.78, 5) is 30.6. The molecule has 3 aromatic rings. The Kier molecular flexibility index (Phi) is 2.83. The lowest BCUT2D eigenvalue weighted by atomic mass is 10.2. The number of para-hydroxylation sites is 1. The maximum atomic E-state index is 12.3. The van der Waals surface area contributed by atoms with Gasteiger partial charge in [-0.25, -0.2) is 4.98 Å². The molecule has 0 aliphatic heterocycles. The summed E-state index contributed by atoms with van der Waals surface area (Å²) in [7, 11) is 1.77. The number of hydrogen-bond donors (Lipinski definition) is 2. The number of H-pyrrole nitrogens is 1. The van der Waals surface area contributed by atoms with Crippen molar-refractivity contribution in [2.24, 2.45) is 7.05 Å². The van der Waals surface area contributed by atoms with E-state index in [2.05, 4.69) is 15.3 Å². The van der Waals surface area contributed by atoms with E-state index in [1.807, 2.05) is 18.2 Å².